The molecule has 5 heteroatoms. The quantitative estimate of drug-likeness (QED) is 0.821. The number of hydrogen-bond donors (Lipinski definition) is 2. The van der Waals surface area contributed by atoms with E-state index in [9.17, 15) is 9.90 Å². The van der Waals surface area contributed by atoms with E-state index in [1.807, 2.05) is 60.7 Å². The largest absolute Gasteiger partial charge is 0.388 e. The standard InChI is InChI=1S/C20H24N2O3/c23-19(17-9-5-2-6-10-17)18-11-13-22(14-12-18)20(24)21-25-15-16-7-3-1-4-8-16/h1-10,18-19,23H,11-15H2,(H,21,24)/t19-/m0/s1. The molecule has 0 spiro atoms. The topological polar surface area (TPSA) is 61.8 Å². The Labute approximate surface area is 148 Å². The van der Waals surface area contributed by atoms with Crippen molar-refractivity contribution < 1.29 is 14.7 Å². The summed E-state index contributed by atoms with van der Waals surface area (Å²) in [6.45, 7) is 1.58. The fourth-order valence-electron chi connectivity index (χ4n) is 3.16. The van der Waals surface area contributed by atoms with E-state index >= 15 is 0 Å². The molecular weight excluding hydrogens is 316 g/mol. The molecule has 1 aliphatic rings. The summed E-state index contributed by atoms with van der Waals surface area (Å²) < 4.78 is 0. The van der Waals surface area contributed by atoms with E-state index in [-0.39, 0.29) is 11.9 Å². The first-order chi connectivity index (χ1) is 12.2. The summed E-state index contributed by atoms with van der Waals surface area (Å²) in [7, 11) is 0. The van der Waals surface area contributed by atoms with Gasteiger partial charge in [0.05, 0.1) is 12.7 Å². The van der Waals surface area contributed by atoms with Gasteiger partial charge < -0.3 is 10.0 Å². The molecule has 2 N–H and O–H groups in total. The summed E-state index contributed by atoms with van der Waals surface area (Å²) in [6.07, 6.45) is 1.09. The number of nitrogens with zero attached hydrogens (tertiary/aromatic N) is 1. The number of carbonyl (C=O) groups is 1. The molecule has 2 amide bonds. The van der Waals surface area contributed by atoms with Crippen LogP contribution in [0.5, 0.6) is 0 Å². The molecular formula is C20H24N2O3. The molecule has 1 heterocycles. The molecule has 1 fully saturated rings. The van der Waals surface area contributed by atoms with Crippen molar-refractivity contribution >= 4 is 6.03 Å². The molecule has 0 radical (unpaired) electrons. The zero-order valence-corrected chi connectivity index (χ0v) is 14.2. The van der Waals surface area contributed by atoms with E-state index in [2.05, 4.69) is 5.48 Å². The molecule has 0 saturated carbocycles. The van der Waals surface area contributed by atoms with Gasteiger partial charge in [0, 0.05) is 13.1 Å². The lowest BCUT2D eigenvalue weighted by Gasteiger charge is -2.34. The van der Waals surface area contributed by atoms with Crippen LogP contribution in [0, 0.1) is 5.92 Å². The van der Waals surface area contributed by atoms with Crippen molar-refractivity contribution in [1.82, 2.24) is 10.4 Å². The van der Waals surface area contributed by atoms with Gasteiger partial charge in [-0.1, -0.05) is 60.7 Å². The van der Waals surface area contributed by atoms with E-state index in [1.165, 1.54) is 0 Å². The van der Waals surface area contributed by atoms with Gasteiger partial charge in [-0.3, -0.25) is 4.84 Å². The maximum Gasteiger partial charge on any atom is 0.341 e. The van der Waals surface area contributed by atoms with E-state index in [1.54, 1.807) is 4.90 Å². The maximum absolute atomic E-state index is 12.2. The van der Waals surface area contributed by atoms with Gasteiger partial charge in [-0.2, -0.15) is 0 Å². The first kappa shape index (κ1) is 17.5. The van der Waals surface area contributed by atoms with Crippen LogP contribution in [0.4, 0.5) is 4.79 Å². The second-order valence-corrected chi connectivity index (χ2v) is 6.36. The van der Waals surface area contributed by atoms with Crippen LogP contribution in [-0.4, -0.2) is 29.1 Å². The summed E-state index contributed by atoms with van der Waals surface area (Å²) in [5.41, 5.74) is 4.45. The zero-order valence-electron chi connectivity index (χ0n) is 14.2. The number of urea groups is 1. The SMILES string of the molecule is O=C(NOCc1ccccc1)N1CCC([C@@H](O)c2ccccc2)CC1. The van der Waals surface area contributed by atoms with Crippen molar-refractivity contribution in [2.75, 3.05) is 13.1 Å². The zero-order chi connectivity index (χ0) is 17.5. The monoisotopic (exact) mass is 340 g/mol. The molecule has 0 unspecified atom stereocenters. The molecule has 0 bridgehead atoms. The second kappa shape index (κ2) is 8.65. The first-order valence-electron chi connectivity index (χ1n) is 8.67. The van der Waals surface area contributed by atoms with Crippen molar-refractivity contribution in [2.24, 2.45) is 5.92 Å². The molecule has 1 atom stereocenters. The van der Waals surface area contributed by atoms with Crippen LogP contribution >= 0.6 is 0 Å². The molecule has 25 heavy (non-hydrogen) atoms. The number of likely N-dealkylation sites (tertiary alicyclic amines) is 1. The van der Waals surface area contributed by atoms with Crippen molar-refractivity contribution in [3.63, 3.8) is 0 Å². The third-order valence-electron chi connectivity index (χ3n) is 4.66. The number of piperidine rings is 1. The lowest BCUT2D eigenvalue weighted by Crippen LogP contribution is -2.45. The van der Waals surface area contributed by atoms with Crippen LogP contribution in [0.1, 0.15) is 30.1 Å². The minimum atomic E-state index is -0.472. The third kappa shape index (κ3) is 4.81. The average Bonchev–Trinajstić information content (AvgIpc) is 2.69. The molecule has 0 aromatic heterocycles. The number of aliphatic hydroxyl groups is 1. The van der Waals surface area contributed by atoms with Crippen LogP contribution in [-0.2, 0) is 11.4 Å². The predicted octanol–water partition coefficient (Wildman–Crippen LogP) is 3.27. The van der Waals surface area contributed by atoms with Gasteiger partial charge in [-0.25, -0.2) is 10.3 Å². The van der Waals surface area contributed by atoms with Crippen molar-refractivity contribution in [3.05, 3.63) is 71.8 Å². The van der Waals surface area contributed by atoms with Crippen LogP contribution < -0.4 is 5.48 Å². The molecule has 132 valence electrons. The lowest BCUT2D eigenvalue weighted by atomic mass is 9.87. The summed E-state index contributed by atoms with van der Waals surface area (Å²) in [4.78, 5) is 19.2. The maximum atomic E-state index is 12.2. The van der Waals surface area contributed by atoms with Gasteiger partial charge in [0.2, 0.25) is 0 Å². The number of hydroxylamine groups is 1. The highest BCUT2D eigenvalue weighted by Crippen LogP contribution is 2.30. The fraction of sp³-hybridized carbons (Fsp3) is 0.350. The Morgan fingerprint density at radius 3 is 2.32 bits per heavy atom. The van der Waals surface area contributed by atoms with Gasteiger partial charge in [-0.05, 0) is 29.9 Å². The molecule has 3 rings (SSSR count). The van der Waals surface area contributed by atoms with Crippen molar-refractivity contribution in [2.45, 2.75) is 25.6 Å². The number of nitrogens with one attached hydrogen (secondary N) is 1. The summed E-state index contributed by atoms with van der Waals surface area (Å²) in [6, 6.07) is 19.2. The Balaban J connectivity index is 1.41. The van der Waals surface area contributed by atoms with Gasteiger partial charge in [-0.15, -0.1) is 0 Å². The summed E-state index contributed by atoms with van der Waals surface area (Å²) >= 11 is 0. The smallest absolute Gasteiger partial charge is 0.341 e. The molecule has 0 aliphatic carbocycles. The number of rotatable bonds is 5. The Kier molecular flexibility index (Phi) is 6.04. The molecule has 2 aromatic carbocycles. The summed E-state index contributed by atoms with van der Waals surface area (Å²) in [5.74, 6) is 0.177. The normalized spacial score (nSPS) is 16.4. The molecule has 1 aliphatic heterocycles. The van der Waals surface area contributed by atoms with Gasteiger partial charge in [0.15, 0.2) is 0 Å². The van der Waals surface area contributed by atoms with E-state index in [4.69, 9.17) is 4.84 Å². The minimum absolute atomic E-state index is 0.177. The Morgan fingerprint density at radius 2 is 1.68 bits per heavy atom. The van der Waals surface area contributed by atoms with E-state index in [0.29, 0.717) is 19.7 Å². The Hall–Kier alpha value is -2.37. The number of amides is 2. The fourth-order valence-corrected chi connectivity index (χ4v) is 3.16. The Morgan fingerprint density at radius 1 is 1.08 bits per heavy atom. The average molecular weight is 340 g/mol. The van der Waals surface area contributed by atoms with Crippen LogP contribution in [0.15, 0.2) is 60.7 Å². The second-order valence-electron chi connectivity index (χ2n) is 6.36. The highest BCUT2D eigenvalue weighted by Gasteiger charge is 2.28. The van der Waals surface area contributed by atoms with Gasteiger partial charge in [0.1, 0.15) is 0 Å². The van der Waals surface area contributed by atoms with Gasteiger partial charge >= 0.3 is 6.03 Å². The molecule has 1 saturated heterocycles. The minimum Gasteiger partial charge on any atom is -0.388 e. The van der Waals surface area contributed by atoms with Crippen LogP contribution in [0.2, 0.25) is 0 Å². The lowest BCUT2D eigenvalue weighted by molar-refractivity contribution is 0.0243. The van der Waals surface area contributed by atoms with Crippen molar-refractivity contribution in [3.8, 4) is 0 Å². The van der Waals surface area contributed by atoms with Crippen molar-refractivity contribution in [1.29, 1.82) is 0 Å². The first-order valence-corrected chi connectivity index (χ1v) is 8.67. The number of hydrogen-bond acceptors (Lipinski definition) is 3. The summed E-state index contributed by atoms with van der Waals surface area (Å²) in [5, 5.41) is 10.5. The molecule has 5 nitrogen and oxygen atoms in total. The van der Waals surface area contributed by atoms with E-state index in [0.717, 1.165) is 24.0 Å². The number of aliphatic hydroxyl groups excluding tert-OH is 1. The molecule has 2 aromatic rings. The predicted molar refractivity (Wildman–Crippen MR) is 95.5 cm³/mol. The van der Waals surface area contributed by atoms with E-state index < -0.39 is 6.10 Å². The van der Waals surface area contributed by atoms with Crippen LogP contribution in [0.3, 0.4) is 0 Å². The Bertz CT molecular complexity index is 655. The van der Waals surface area contributed by atoms with Gasteiger partial charge in [0.25, 0.3) is 0 Å². The highest BCUT2D eigenvalue weighted by atomic mass is 16.7. The number of benzene rings is 2. The highest BCUT2D eigenvalue weighted by molar-refractivity contribution is 5.73. The van der Waals surface area contributed by atoms with Crippen LogP contribution in [0.25, 0.3) is 0 Å². The number of carbonyl (C=O) groups excluding carboxylic acids is 1. The third-order valence-corrected chi connectivity index (χ3v) is 4.66.